The molecule has 0 aliphatic carbocycles. The maximum Gasteiger partial charge on any atom is 0.330 e. The summed E-state index contributed by atoms with van der Waals surface area (Å²) >= 11 is 0. The highest BCUT2D eigenvalue weighted by Gasteiger charge is 2.60. The van der Waals surface area contributed by atoms with Crippen molar-refractivity contribution in [1.82, 2.24) is 0 Å². The predicted octanol–water partition coefficient (Wildman–Crippen LogP) is 0.227. The third-order valence-corrected chi connectivity index (χ3v) is 3.20. The average molecular weight is 286 g/mol. The van der Waals surface area contributed by atoms with E-state index in [1.165, 1.54) is 0 Å². The molecule has 7 nitrogen and oxygen atoms in total. The number of ether oxygens (including phenoxy) is 4. The van der Waals surface area contributed by atoms with Crippen molar-refractivity contribution in [3.05, 3.63) is 11.6 Å². The molecule has 20 heavy (non-hydrogen) atoms. The highest BCUT2D eigenvalue weighted by atomic mass is 16.6. The van der Waals surface area contributed by atoms with Crippen LogP contribution in [0.5, 0.6) is 0 Å². The zero-order valence-electron chi connectivity index (χ0n) is 11.9. The van der Waals surface area contributed by atoms with Crippen LogP contribution in [0.1, 0.15) is 13.8 Å². The molecule has 1 unspecified atom stereocenters. The summed E-state index contributed by atoms with van der Waals surface area (Å²) in [6.07, 6.45) is 0.281. The van der Waals surface area contributed by atoms with Crippen molar-refractivity contribution in [3.63, 3.8) is 0 Å². The molecule has 0 bridgehead atoms. The van der Waals surface area contributed by atoms with Crippen molar-refractivity contribution in [1.29, 1.82) is 0 Å². The molecule has 1 saturated heterocycles. The maximum atomic E-state index is 12.1. The van der Waals surface area contributed by atoms with Gasteiger partial charge in [0.1, 0.15) is 0 Å². The third-order valence-electron chi connectivity index (χ3n) is 3.20. The fourth-order valence-electron chi connectivity index (χ4n) is 2.20. The van der Waals surface area contributed by atoms with E-state index < -0.39 is 29.4 Å². The van der Waals surface area contributed by atoms with Gasteiger partial charge in [-0.1, -0.05) is 0 Å². The Bertz CT molecular complexity index is 422. The van der Waals surface area contributed by atoms with E-state index in [9.17, 15) is 14.4 Å². The van der Waals surface area contributed by atoms with Crippen LogP contribution in [-0.2, 0) is 33.3 Å². The lowest BCUT2D eigenvalue weighted by Crippen LogP contribution is -2.47. The summed E-state index contributed by atoms with van der Waals surface area (Å²) in [7, 11) is 2.31. The summed E-state index contributed by atoms with van der Waals surface area (Å²) in [5.41, 5.74) is -1.60. The lowest BCUT2D eigenvalue weighted by atomic mass is 9.77. The van der Waals surface area contributed by atoms with Gasteiger partial charge in [-0.2, -0.15) is 0 Å². The Labute approximate surface area is 116 Å². The summed E-state index contributed by atoms with van der Waals surface area (Å²) in [6, 6.07) is 0. The Morgan fingerprint density at radius 3 is 2.30 bits per heavy atom. The van der Waals surface area contributed by atoms with Crippen LogP contribution in [-0.4, -0.2) is 51.4 Å². The predicted molar refractivity (Wildman–Crippen MR) is 66.6 cm³/mol. The number of hydrogen-bond donors (Lipinski definition) is 0. The molecule has 0 aromatic rings. The molecular formula is C13H18O7. The average Bonchev–Trinajstić information content (AvgIpc) is 2.75. The van der Waals surface area contributed by atoms with Gasteiger partial charge in [0.05, 0.1) is 33.5 Å². The molecule has 0 aromatic heterocycles. The minimum atomic E-state index is -1.77. The van der Waals surface area contributed by atoms with Gasteiger partial charge in [-0.25, -0.2) is 4.79 Å². The van der Waals surface area contributed by atoms with E-state index in [1.54, 1.807) is 13.8 Å². The van der Waals surface area contributed by atoms with Gasteiger partial charge in [0.15, 0.2) is 0 Å². The molecule has 112 valence electrons. The van der Waals surface area contributed by atoms with Gasteiger partial charge in [0.25, 0.3) is 0 Å². The van der Waals surface area contributed by atoms with E-state index in [4.69, 9.17) is 9.47 Å². The van der Waals surface area contributed by atoms with Crippen LogP contribution in [0.25, 0.3) is 0 Å². The Morgan fingerprint density at radius 1 is 1.30 bits per heavy atom. The Morgan fingerprint density at radius 2 is 1.85 bits per heavy atom. The second kappa shape index (κ2) is 6.51. The lowest BCUT2D eigenvalue weighted by Gasteiger charge is -2.27. The van der Waals surface area contributed by atoms with Gasteiger partial charge >= 0.3 is 17.9 Å². The normalized spacial score (nSPS) is 22.4. The van der Waals surface area contributed by atoms with Crippen LogP contribution >= 0.6 is 0 Å². The van der Waals surface area contributed by atoms with E-state index in [2.05, 4.69) is 9.47 Å². The van der Waals surface area contributed by atoms with Gasteiger partial charge in [-0.05, 0) is 19.4 Å². The fourth-order valence-corrected chi connectivity index (χ4v) is 2.20. The number of hydrogen-bond acceptors (Lipinski definition) is 7. The fraction of sp³-hybridized carbons (Fsp3) is 0.615. The lowest BCUT2D eigenvalue weighted by molar-refractivity contribution is -0.169. The molecule has 1 rings (SSSR count). The number of methoxy groups -OCH3 is 2. The first kappa shape index (κ1) is 16.2. The van der Waals surface area contributed by atoms with Crippen LogP contribution < -0.4 is 0 Å². The van der Waals surface area contributed by atoms with Crippen LogP contribution in [0.4, 0.5) is 0 Å². The van der Waals surface area contributed by atoms with Crippen LogP contribution in [0.3, 0.4) is 0 Å². The van der Waals surface area contributed by atoms with Crippen molar-refractivity contribution < 1.29 is 33.3 Å². The van der Waals surface area contributed by atoms with Crippen LogP contribution in [0.15, 0.2) is 11.6 Å². The van der Waals surface area contributed by atoms with Crippen molar-refractivity contribution in [3.8, 4) is 0 Å². The summed E-state index contributed by atoms with van der Waals surface area (Å²) in [5.74, 6) is -2.31. The van der Waals surface area contributed by atoms with Gasteiger partial charge in [0, 0.05) is 6.08 Å². The second-order valence-electron chi connectivity index (χ2n) is 4.17. The number of carbonyl (C=O) groups excluding carboxylic acids is 3. The maximum absolute atomic E-state index is 12.1. The first-order valence-corrected chi connectivity index (χ1v) is 6.11. The van der Waals surface area contributed by atoms with Crippen LogP contribution in [0, 0.1) is 5.41 Å². The number of esters is 3. The smallest absolute Gasteiger partial charge is 0.330 e. The molecule has 1 aliphatic rings. The molecule has 0 amide bonds. The molecule has 0 N–H and O–H groups in total. The van der Waals surface area contributed by atoms with E-state index in [-0.39, 0.29) is 18.8 Å². The minimum absolute atomic E-state index is 0.0514. The van der Waals surface area contributed by atoms with E-state index >= 15 is 0 Å². The summed E-state index contributed by atoms with van der Waals surface area (Å²) in [6.45, 7) is 3.32. The van der Waals surface area contributed by atoms with Gasteiger partial charge in [0.2, 0.25) is 5.41 Å². The topological polar surface area (TPSA) is 88.1 Å². The van der Waals surface area contributed by atoms with Crippen molar-refractivity contribution in [2.24, 2.45) is 5.41 Å². The monoisotopic (exact) mass is 286 g/mol. The summed E-state index contributed by atoms with van der Waals surface area (Å²) in [5, 5.41) is 0. The molecule has 0 saturated carbocycles. The first-order valence-electron chi connectivity index (χ1n) is 6.11. The number of carbonyl (C=O) groups is 3. The summed E-state index contributed by atoms with van der Waals surface area (Å²) < 4.78 is 19.5. The Kier molecular flexibility index (Phi) is 5.26. The van der Waals surface area contributed by atoms with Gasteiger partial charge < -0.3 is 18.9 Å². The molecule has 0 aromatic carbocycles. The largest absolute Gasteiger partial charge is 0.468 e. The quantitative estimate of drug-likeness (QED) is 0.316. The van der Waals surface area contributed by atoms with Crippen molar-refractivity contribution in [2.45, 2.75) is 20.0 Å². The molecule has 0 radical (unpaired) electrons. The highest BCUT2D eigenvalue weighted by molar-refractivity contribution is 6.06. The minimum Gasteiger partial charge on any atom is -0.468 e. The van der Waals surface area contributed by atoms with Gasteiger partial charge in [-0.15, -0.1) is 0 Å². The Balaban J connectivity index is 3.31. The van der Waals surface area contributed by atoms with Crippen molar-refractivity contribution >= 4 is 17.9 Å². The zero-order chi connectivity index (χ0) is 15.3. The van der Waals surface area contributed by atoms with Gasteiger partial charge in [-0.3, -0.25) is 9.59 Å². The van der Waals surface area contributed by atoms with E-state index in [0.29, 0.717) is 0 Å². The van der Waals surface area contributed by atoms with Crippen molar-refractivity contribution in [2.75, 3.05) is 27.4 Å². The molecule has 1 atom stereocenters. The third kappa shape index (κ3) is 2.53. The standard InChI is InChI=1S/C13H18O7/c1-5-19-10(14)6-9-7-20-8(2)13(9,11(15)17-3)12(16)18-4/h6,8H,5,7H2,1-4H3/b9-6+. The van der Waals surface area contributed by atoms with E-state index in [1.807, 2.05) is 0 Å². The molecule has 0 spiro atoms. The molecule has 1 aliphatic heterocycles. The molecular weight excluding hydrogens is 268 g/mol. The van der Waals surface area contributed by atoms with E-state index in [0.717, 1.165) is 20.3 Å². The molecule has 7 heteroatoms. The Hall–Kier alpha value is -1.89. The first-order chi connectivity index (χ1) is 9.44. The second-order valence-corrected chi connectivity index (χ2v) is 4.17. The molecule has 1 heterocycles. The highest BCUT2D eigenvalue weighted by Crippen LogP contribution is 2.42. The SMILES string of the molecule is CCOC(=O)/C=C1\COC(C)C1(C(=O)OC)C(=O)OC. The zero-order valence-corrected chi connectivity index (χ0v) is 11.9. The number of rotatable bonds is 4. The van der Waals surface area contributed by atoms with Crippen LogP contribution in [0.2, 0.25) is 0 Å². The summed E-state index contributed by atoms with van der Waals surface area (Å²) in [4.78, 5) is 35.8. The molecule has 1 fully saturated rings.